The van der Waals surface area contributed by atoms with Crippen LogP contribution < -0.4 is 0 Å². The molecule has 0 aromatic rings. The van der Waals surface area contributed by atoms with E-state index in [4.69, 9.17) is 7.85 Å². The summed E-state index contributed by atoms with van der Waals surface area (Å²) in [5.74, 6) is 0. The maximum absolute atomic E-state index is 10.9. The second-order valence-electron chi connectivity index (χ2n) is 2.33. The molecule has 0 bridgehead atoms. The topological polar surface area (TPSA) is 34.1 Å². The van der Waals surface area contributed by atoms with Gasteiger partial charge in [-0.25, -0.2) is 0 Å². The van der Waals surface area contributed by atoms with E-state index in [1.807, 2.05) is 0 Å². The third-order valence-corrected chi connectivity index (χ3v) is 1.90. The van der Waals surface area contributed by atoms with E-state index in [0.717, 1.165) is 0 Å². The van der Waals surface area contributed by atoms with Gasteiger partial charge in [0.15, 0.2) is 0 Å². The molecule has 0 fully saturated rings. The highest BCUT2D eigenvalue weighted by atomic mass is 31.1. The first kappa shape index (κ1) is 9.15. The van der Waals surface area contributed by atoms with E-state index < -0.39 is 14.0 Å². The molecule has 12 heavy (non-hydrogen) atoms. The number of hydrogen-bond acceptors (Lipinski definition) is 2. The Morgan fingerprint density at radius 3 is 2.83 bits per heavy atom. The van der Waals surface area contributed by atoms with Gasteiger partial charge in [0.25, 0.3) is 5.52 Å². The number of hydrogen-bond donors (Lipinski definition) is 0. The zero-order valence-corrected chi connectivity index (χ0v) is 7.25. The molecule has 0 aromatic heterocycles. The van der Waals surface area contributed by atoms with Gasteiger partial charge < -0.3 is 0 Å². The van der Waals surface area contributed by atoms with Crippen LogP contribution in [0, 0.1) is 0 Å². The second kappa shape index (κ2) is 4.17. The van der Waals surface area contributed by atoms with E-state index in [1.54, 1.807) is 24.3 Å². The van der Waals surface area contributed by atoms with Gasteiger partial charge in [0.1, 0.15) is 7.85 Å². The van der Waals surface area contributed by atoms with Crippen LogP contribution in [0.3, 0.4) is 0 Å². The summed E-state index contributed by atoms with van der Waals surface area (Å²) in [6.45, 7) is 0. The van der Waals surface area contributed by atoms with Crippen LogP contribution in [-0.2, 0) is 9.36 Å². The Kier molecular flexibility index (Phi) is 3.18. The molecule has 0 aromatic carbocycles. The quantitative estimate of drug-likeness (QED) is 0.474. The average molecular weight is 176 g/mol. The molecule has 2 nitrogen and oxygen atoms in total. The van der Waals surface area contributed by atoms with Gasteiger partial charge in [-0.1, -0.05) is 24.3 Å². The van der Waals surface area contributed by atoms with E-state index in [2.05, 4.69) is 0 Å². The monoisotopic (exact) mass is 176 g/mol. The summed E-state index contributed by atoms with van der Waals surface area (Å²) in [4.78, 5) is 10.9. The highest BCUT2D eigenvalue weighted by Crippen LogP contribution is 2.13. The van der Waals surface area contributed by atoms with Crippen LogP contribution in [0.4, 0.5) is 0 Å². The molecule has 0 heterocycles. The third-order valence-electron chi connectivity index (χ3n) is 1.48. The Morgan fingerprint density at radius 2 is 2.17 bits per heavy atom. The average Bonchev–Trinajstić information content (AvgIpc) is 2.29. The van der Waals surface area contributed by atoms with E-state index in [0.29, 0.717) is 17.5 Å². The van der Waals surface area contributed by atoms with Crippen molar-refractivity contribution in [3.63, 3.8) is 0 Å². The lowest BCUT2D eigenvalue weighted by atomic mass is 9.95. The van der Waals surface area contributed by atoms with Crippen molar-refractivity contribution < 1.29 is 9.36 Å². The van der Waals surface area contributed by atoms with Gasteiger partial charge in [-0.15, -0.1) is 5.47 Å². The zero-order valence-electron chi connectivity index (χ0n) is 6.36. The van der Waals surface area contributed by atoms with Crippen molar-refractivity contribution in [1.29, 1.82) is 0 Å². The molecule has 0 saturated carbocycles. The fourth-order valence-corrected chi connectivity index (χ4v) is 1.13. The molecule has 0 N–H and O–H groups in total. The Morgan fingerprint density at radius 1 is 1.42 bits per heavy atom. The Labute approximate surface area is 73.7 Å². The lowest BCUT2D eigenvalue weighted by Crippen LogP contribution is -1.88. The summed E-state index contributed by atoms with van der Waals surface area (Å²) in [5.41, 5.74) is 0.661. The molecule has 0 spiro atoms. The van der Waals surface area contributed by atoms with Crippen LogP contribution in [0.1, 0.15) is 6.42 Å². The molecule has 4 heteroatoms. The van der Waals surface area contributed by atoms with Gasteiger partial charge in [0.2, 0.25) is 8.46 Å². The first-order valence-corrected chi connectivity index (χ1v) is 4.27. The van der Waals surface area contributed by atoms with Gasteiger partial charge in [-0.2, -0.15) is 0 Å². The molecular weight excluding hydrogens is 170 g/mol. The summed E-state index contributed by atoms with van der Waals surface area (Å²) < 4.78 is 10.2. The van der Waals surface area contributed by atoms with Crippen LogP contribution in [0.5, 0.6) is 0 Å². The summed E-state index contributed by atoms with van der Waals surface area (Å²) in [5, 5.41) is 0. The van der Waals surface area contributed by atoms with Crippen LogP contribution in [0.2, 0.25) is 0 Å². The number of rotatable bonds is 2. The molecule has 0 unspecified atom stereocenters. The summed E-state index contributed by atoms with van der Waals surface area (Å²) >= 11 is 0. The van der Waals surface area contributed by atoms with E-state index >= 15 is 0 Å². The predicted molar refractivity (Wildman–Crippen MR) is 48.3 cm³/mol. The summed E-state index contributed by atoms with van der Waals surface area (Å²) in [6.07, 6.45) is 7.30. The maximum atomic E-state index is 10.9. The van der Waals surface area contributed by atoms with E-state index in [-0.39, 0.29) is 0 Å². The van der Waals surface area contributed by atoms with Crippen LogP contribution >= 0.6 is 8.46 Å². The molecule has 1 rings (SSSR count). The molecule has 2 radical (unpaired) electrons. The molecule has 0 saturated heterocycles. The summed E-state index contributed by atoms with van der Waals surface area (Å²) in [6, 6.07) is 0. The van der Waals surface area contributed by atoms with Gasteiger partial charge >= 0.3 is 0 Å². The Balaban J connectivity index is 2.83. The summed E-state index contributed by atoms with van der Waals surface area (Å²) in [7, 11) is 5.01. The lowest BCUT2D eigenvalue weighted by molar-refractivity contribution is -0.108. The highest BCUT2D eigenvalue weighted by molar-refractivity contribution is 7.47. The van der Waals surface area contributed by atoms with Gasteiger partial charge in [0, 0.05) is 5.57 Å². The zero-order chi connectivity index (χ0) is 8.97. The minimum absolute atomic E-state index is 0.408. The molecule has 1 aliphatic rings. The van der Waals surface area contributed by atoms with Crippen molar-refractivity contribution in [1.82, 2.24) is 0 Å². The first-order chi connectivity index (χ1) is 5.74. The SMILES string of the molecule is [B]C1=CCC=C(C(=O)P=O)C=C1. The number of carbonyl (C=O) groups is 1. The molecule has 0 aliphatic heterocycles. The first-order valence-electron chi connectivity index (χ1n) is 3.45. The van der Waals surface area contributed by atoms with E-state index in [9.17, 15) is 9.36 Å². The van der Waals surface area contributed by atoms with Crippen molar-refractivity contribution in [3.8, 4) is 0 Å². The molecule has 58 valence electrons. The smallest absolute Gasteiger partial charge is 0.252 e. The van der Waals surface area contributed by atoms with Crippen LogP contribution in [-0.4, -0.2) is 13.4 Å². The highest BCUT2D eigenvalue weighted by Gasteiger charge is 2.05. The molecule has 0 amide bonds. The largest absolute Gasteiger partial charge is 0.280 e. The predicted octanol–water partition coefficient (Wildman–Crippen LogP) is 1.74. The molecule has 1 aliphatic carbocycles. The number of allylic oxidation sites excluding steroid dienone is 6. The van der Waals surface area contributed by atoms with Crippen molar-refractivity contribution in [2.24, 2.45) is 0 Å². The van der Waals surface area contributed by atoms with E-state index in [1.165, 1.54) is 0 Å². The lowest BCUT2D eigenvalue weighted by Gasteiger charge is -1.89. The standard InChI is InChI=1S/C8H6BO2P/c9-7-3-1-2-6(4-5-7)8(10)12-11/h2-5H,1H2. The third kappa shape index (κ3) is 2.28. The fraction of sp³-hybridized carbons (Fsp3) is 0.125. The Hall–Kier alpha value is -0.945. The molecular formula is C8H6BO2P. The van der Waals surface area contributed by atoms with Crippen molar-refractivity contribution >= 4 is 21.8 Å². The van der Waals surface area contributed by atoms with Gasteiger partial charge in [-0.05, 0) is 6.42 Å². The second-order valence-corrected chi connectivity index (χ2v) is 2.92. The minimum Gasteiger partial charge on any atom is -0.280 e. The van der Waals surface area contributed by atoms with Crippen molar-refractivity contribution in [2.75, 3.05) is 0 Å². The fourth-order valence-electron chi connectivity index (χ4n) is 0.855. The van der Waals surface area contributed by atoms with Gasteiger partial charge in [-0.3, -0.25) is 9.36 Å². The van der Waals surface area contributed by atoms with Gasteiger partial charge in [0.05, 0.1) is 0 Å². The Bertz CT molecular complexity index is 302. The number of carbonyl (C=O) groups excluding carboxylic acids is 1. The maximum Gasteiger partial charge on any atom is 0.252 e. The van der Waals surface area contributed by atoms with Crippen LogP contribution in [0.15, 0.2) is 35.3 Å². The minimum atomic E-state index is -0.476. The normalized spacial score (nSPS) is 16.7. The molecule has 0 atom stereocenters. The van der Waals surface area contributed by atoms with Crippen molar-refractivity contribution in [2.45, 2.75) is 6.42 Å². The van der Waals surface area contributed by atoms with Crippen molar-refractivity contribution in [3.05, 3.63) is 35.3 Å². The van der Waals surface area contributed by atoms with Crippen LogP contribution in [0.25, 0.3) is 0 Å².